The predicted octanol–water partition coefficient (Wildman–Crippen LogP) is 2.59. The SMILES string of the molecule is CCN(c1cc(CO)nc2ccccc12)C(C)COC. The monoisotopic (exact) mass is 274 g/mol. The van der Waals surface area contributed by atoms with Crippen LogP contribution in [0.25, 0.3) is 10.9 Å². The van der Waals surface area contributed by atoms with Crippen LogP contribution in [0.2, 0.25) is 0 Å². The average Bonchev–Trinajstić information content (AvgIpc) is 2.48. The van der Waals surface area contributed by atoms with Crippen molar-refractivity contribution >= 4 is 16.6 Å². The van der Waals surface area contributed by atoms with Gasteiger partial charge >= 0.3 is 0 Å². The molecule has 20 heavy (non-hydrogen) atoms. The number of hydrogen-bond acceptors (Lipinski definition) is 4. The fraction of sp³-hybridized carbons (Fsp3) is 0.438. The van der Waals surface area contributed by atoms with E-state index in [1.54, 1.807) is 7.11 Å². The molecule has 1 unspecified atom stereocenters. The van der Waals surface area contributed by atoms with Crippen LogP contribution in [-0.2, 0) is 11.3 Å². The minimum atomic E-state index is -0.0476. The molecule has 0 aliphatic rings. The van der Waals surface area contributed by atoms with E-state index in [4.69, 9.17) is 4.74 Å². The molecule has 0 fully saturated rings. The standard InChI is InChI=1S/C16H22N2O2/c1-4-18(12(2)11-20-3)16-9-13(10-19)17-15-8-6-5-7-14(15)16/h5-9,12,19H,4,10-11H2,1-3H3. The minimum Gasteiger partial charge on any atom is -0.390 e. The second-order valence-corrected chi connectivity index (χ2v) is 4.90. The number of fused-ring (bicyclic) bond motifs is 1. The van der Waals surface area contributed by atoms with Gasteiger partial charge in [-0.25, -0.2) is 0 Å². The molecule has 0 saturated heterocycles. The lowest BCUT2D eigenvalue weighted by molar-refractivity contribution is 0.182. The lowest BCUT2D eigenvalue weighted by Gasteiger charge is -2.31. The molecule has 1 aromatic heterocycles. The maximum absolute atomic E-state index is 9.41. The first-order chi connectivity index (χ1) is 9.71. The fourth-order valence-corrected chi connectivity index (χ4v) is 2.58. The Balaban J connectivity index is 2.55. The normalized spacial score (nSPS) is 12.6. The highest BCUT2D eigenvalue weighted by Crippen LogP contribution is 2.28. The van der Waals surface area contributed by atoms with Crippen molar-refractivity contribution in [2.45, 2.75) is 26.5 Å². The third-order valence-corrected chi connectivity index (χ3v) is 3.50. The third kappa shape index (κ3) is 2.92. The van der Waals surface area contributed by atoms with Gasteiger partial charge in [0.1, 0.15) is 0 Å². The highest BCUT2D eigenvalue weighted by Gasteiger charge is 2.16. The Morgan fingerprint density at radius 3 is 2.75 bits per heavy atom. The number of pyridine rings is 1. The molecule has 0 bridgehead atoms. The molecule has 0 saturated carbocycles. The van der Waals surface area contributed by atoms with E-state index in [0.29, 0.717) is 12.3 Å². The number of nitrogens with zero attached hydrogens (tertiary/aromatic N) is 2. The summed E-state index contributed by atoms with van der Waals surface area (Å²) in [6.07, 6.45) is 0. The molecule has 1 atom stereocenters. The summed E-state index contributed by atoms with van der Waals surface area (Å²) in [6, 6.07) is 10.3. The Kier molecular flexibility index (Phi) is 4.93. The van der Waals surface area contributed by atoms with Gasteiger partial charge in [-0.3, -0.25) is 4.98 Å². The van der Waals surface area contributed by atoms with Crippen LogP contribution < -0.4 is 4.90 Å². The summed E-state index contributed by atoms with van der Waals surface area (Å²) in [5, 5.41) is 10.5. The molecule has 4 heteroatoms. The molecule has 1 N–H and O–H groups in total. The quantitative estimate of drug-likeness (QED) is 0.879. The van der Waals surface area contributed by atoms with E-state index in [2.05, 4.69) is 29.8 Å². The van der Waals surface area contributed by atoms with Crippen LogP contribution in [0.1, 0.15) is 19.5 Å². The molecule has 0 aliphatic carbocycles. The van der Waals surface area contributed by atoms with E-state index >= 15 is 0 Å². The van der Waals surface area contributed by atoms with Crippen LogP contribution in [0, 0.1) is 0 Å². The van der Waals surface area contributed by atoms with E-state index in [-0.39, 0.29) is 12.6 Å². The highest BCUT2D eigenvalue weighted by molar-refractivity contribution is 5.92. The molecular weight excluding hydrogens is 252 g/mol. The summed E-state index contributed by atoms with van der Waals surface area (Å²) in [5.74, 6) is 0. The van der Waals surface area contributed by atoms with Crippen molar-refractivity contribution in [3.05, 3.63) is 36.0 Å². The van der Waals surface area contributed by atoms with Gasteiger partial charge in [0, 0.05) is 30.8 Å². The van der Waals surface area contributed by atoms with Gasteiger partial charge < -0.3 is 14.7 Å². The smallest absolute Gasteiger partial charge is 0.0854 e. The average molecular weight is 274 g/mol. The molecule has 1 heterocycles. The van der Waals surface area contributed by atoms with Crippen molar-refractivity contribution in [2.75, 3.05) is 25.2 Å². The van der Waals surface area contributed by atoms with Gasteiger partial charge in [-0.05, 0) is 26.0 Å². The van der Waals surface area contributed by atoms with Crippen molar-refractivity contribution in [1.82, 2.24) is 4.98 Å². The molecule has 4 nitrogen and oxygen atoms in total. The summed E-state index contributed by atoms with van der Waals surface area (Å²) < 4.78 is 5.27. The molecular formula is C16H22N2O2. The maximum atomic E-state index is 9.41. The van der Waals surface area contributed by atoms with Crippen LogP contribution in [-0.4, -0.2) is 36.4 Å². The number of likely N-dealkylation sites (N-methyl/N-ethyl adjacent to an activating group) is 1. The van der Waals surface area contributed by atoms with Gasteiger partial charge in [0.25, 0.3) is 0 Å². The van der Waals surface area contributed by atoms with E-state index < -0.39 is 0 Å². The Morgan fingerprint density at radius 2 is 2.10 bits per heavy atom. The molecule has 108 valence electrons. The molecule has 2 rings (SSSR count). The second kappa shape index (κ2) is 6.68. The number of hydrogen-bond donors (Lipinski definition) is 1. The van der Waals surface area contributed by atoms with Gasteiger partial charge in [-0.1, -0.05) is 18.2 Å². The van der Waals surface area contributed by atoms with Crippen molar-refractivity contribution in [3.8, 4) is 0 Å². The van der Waals surface area contributed by atoms with Gasteiger partial charge in [-0.2, -0.15) is 0 Å². The number of ether oxygens (including phenoxy) is 1. The summed E-state index contributed by atoms with van der Waals surface area (Å²) in [5.41, 5.74) is 2.71. The molecule has 0 aliphatic heterocycles. The lowest BCUT2D eigenvalue weighted by Crippen LogP contribution is -2.36. The largest absolute Gasteiger partial charge is 0.390 e. The van der Waals surface area contributed by atoms with Crippen molar-refractivity contribution in [2.24, 2.45) is 0 Å². The van der Waals surface area contributed by atoms with Crippen molar-refractivity contribution in [1.29, 1.82) is 0 Å². The molecule has 2 aromatic rings. The van der Waals surface area contributed by atoms with Gasteiger partial charge in [0.2, 0.25) is 0 Å². The number of rotatable bonds is 6. The molecule has 1 aromatic carbocycles. The Labute approximate surface area is 120 Å². The topological polar surface area (TPSA) is 45.6 Å². The van der Waals surface area contributed by atoms with Crippen LogP contribution >= 0.6 is 0 Å². The Bertz CT molecular complexity index is 571. The van der Waals surface area contributed by atoms with Gasteiger partial charge in [-0.15, -0.1) is 0 Å². The summed E-state index contributed by atoms with van der Waals surface area (Å²) in [4.78, 5) is 6.75. The van der Waals surface area contributed by atoms with Crippen molar-refractivity contribution < 1.29 is 9.84 Å². The molecule has 0 spiro atoms. The zero-order chi connectivity index (χ0) is 14.5. The van der Waals surface area contributed by atoms with E-state index in [9.17, 15) is 5.11 Å². The number of para-hydroxylation sites is 1. The summed E-state index contributed by atoms with van der Waals surface area (Å²) >= 11 is 0. The minimum absolute atomic E-state index is 0.0476. The maximum Gasteiger partial charge on any atom is 0.0854 e. The number of aliphatic hydroxyl groups is 1. The Morgan fingerprint density at radius 1 is 1.35 bits per heavy atom. The van der Waals surface area contributed by atoms with Crippen molar-refractivity contribution in [3.63, 3.8) is 0 Å². The van der Waals surface area contributed by atoms with Crippen LogP contribution in [0.5, 0.6) is 0 Å². The van der Waals surface area contributed by atoms with E-state index in [1.807, 2.05) is 24.3 Å². The van der Waals surface area contributed by atoms with Gasteiger partial charge in [0.05, 0.1) is 24.4 Å². The first kappa shape index (κ1) is 14.8. The zero-order valence-corrected chi connectivity index (χ0v) is 12.3. The van der Waals surface area contributed by atoms with E-state index in [1.165, 1.54) is 0 Å². The Hall–Kier alpha value is -1.65. The van der Waals surface area contributed by atoms with Crippen LogP contribution in [0.4, 0.5) is 5.69 Å². The number of methoxy groups -OCH3 is 1. The molecule has 0 amide bonds. The van der Waals surface area contributed by atoms with Crippen LogP contribution in [0.3, 0.4) is 0 Å². The first-order valence-corrected chi connectivity index (χ1v) is 6.96. The number of aliphatic hydroxyl groups excluding tert-OH is 1. The van der Waals surface area contributed by atoms with E-state index in [0.717, 1.165) is 23.1 Å². The predicted molar refractivity (Wildman–Crippen MR) is 82.0 cm³/mol. The van der Waals surface area contributed by atoms with Gasteiger partial charge in [0.15, 0.2) is 0 Å². The number of aromatic nitrogens is 1. The highest BCUT2D eigenvalue weighted by atomic mass is 16.5. The lowest BCUT2D eigenvalue weighted by atomic mass is 10.1. The zero-order valence-electron chi connectivity index (χ0n) is 12.3. The first-order valence-electron chi connectivity index (χ1n) is 6.96. The third-order valence-electron chi connectivity index (χ3n) is 3.50. The second-order valence-electron chi connectivity index (χ2n) is 4.90. The number of benzene rings is 1. The summed E-state index contributed by atoms with van der Waals surface area (Å²) in [6.45, 7) is 5.76. The molecule has 0 radical (unpaired) electrons. The fourth-order valence-electron chi connectivity index (χ4n) is 2.58. The summed E-state index contributed by atoms with van der Waals surface area (Å²) in [7, 11) is 1.72. The van der Waals surface area contributed by atoms with Crippen LogP contribution in [0.15, 0.2) is 30.3 Å². The number of anilines is 1.